The summed E-state index contributed by atoms with van der Waals surface area (Å²) in [6, 6.07) is 7.80. The molecule has 0 saturated carbocycles. The van der Waals surface area contributed by atoms with Crippen molar-refractivity contribution >= 4 is 27.3 Å². The zero-order chi connectivity index (χ0) is 18.1. The molecule has 4 heterocycles. The smallest absolute Gasteiger partial charge is 0.268 e. The van der Waals surface area contributed by atoms with Gasteiger partial charge in [-0.15, -0.1) is 11.3 Å². The zero-order valence-electron chi connectivity index (χ0n) is 14.7. The molecule has 7 nitrogen and oxygen atoms in total. The summed E-state index contributed by atoms with van der Waals surface area (Å²) in [5.74, 6) is 0.421. The highest BCUT2D eigenvalue weighted by atomic mass is 32.1. The molecule has 1 aliphatic rings. The van der Waals surface area contributed by atoms with Crippen LogP contribution in [0.25, 0.3) is 21.7 Å². The first-order chi connectivity index (χ1) is 12.4. The van der Waals surface area contributed by atoms with Crippen LogP contribution in [-0.4, -0.2) is 30.2 Å². The molecule has 0 radical (unpaired) electrons. The highest BCUT2D eigenvalue weighted by molar-refractivity contribution is 7.18. The molecule has 0 unspecified atom stereocenters. The molecule has 132 valence electrons. The topological polar surface area (TPSA) is 74.3 Å². The van der Waals surface area contributed by atoms with Gasteiger partial charge in [0.15, 0.2) is 0 Å². The van der Waals surface area contributed by atoms with Gasteiger partial charge in [-0.25, -0.2) is 4.57 Å². The van der Waals surface area contributed by atoms with E-state index in [0.29, 0.717) is 24.2 Å². The molecule has 1 aromatic carbocycles. The Morgan fingerprint density at radius 1 is 1.23 bits per heavy atom. The van der Waals surface area contributed by atoms with Crippen LogP contribution in [0.5, 0.6) is 0 Å². The molecule has 5 rings (SSSR count). The molecule has 3 aromatic heterocycles. The first-order valence-corrected chi connectivity index (χ1v) is 9.25. The number of aryl methyl sites for hydroxylation is 1. The van der Waals surface area contributed by atoms with Crippen molar-refractivity contribution in [1.82, 2.24) is 24.6 Å². The maximum Gasteiger partial charge on any atom is 0.268 e. The molecule has 0 amide bonds. The third-order valence-electron chi connectivity index (χ3n) is 4.82. The number of tetrazole rings is 1. The van der Waals surface area contributed by atoms with Crippen LogP contribution in [0.15, 0.2) is 29.1 Å². The molecule has 26 heavy (non-hydrogen) atoms. The normalized spacial score (nSPS) is 16.3. The number of thiophene rings is 1. The number of fused-ring (bicyclic) bond motifs is 5. The largest absolute Gasteiger partial charge is 0.370 e. The fourth-order valence-corrected chi connectivity index (χ4v) is 4.66. The van der Waals surface area contributed by atoms with Crippen LogP contribution in [0.4, 0.5) is 0 Å². The van der Waals surface area contributed by atoms with Crippen molar-refractivity contribution in [2.45, 2.75) is 39.4 Å². The molecule has 0 N–H and O–H groups in total. The van der Waals surface area contributed by atoms with E-state index in [4.69, 9.17) is 4.74 Å². The third-order valence-corrected chi connectivity index (χ3v) is 6.00. The Kier molecular flexibility index (Phi) is 3.14. The van der Waals surface area contributed by atoms with E-state index in [1.54, 1.807) is 9.08 Å². The van der Waals surface area contributed by atoms with Crippen LogP contribution in [-0.2, 0) is 17.8 Å². The van der Waals surface area contributed by atoms with E-state index >= 15 is 0 Å². The Hall–Kier alpha value is -2.58. The number of rotatable bonds is 1. The molecule has 0 saturated heterocycles. The zero-order valence-corrected chi connectivity index (χ0v) is 15.5. The summed E-state index contributed by atoms with van der Waals surface area (Å²) in [4.78, 5) is 15.4. The first-order valence-electron chi connectivity index (χ1n) is 8.43. The number of hydrogen-bond donors (Lipinski definition) is 0. The van der Waals surface area contributed by atoms with E-state index < -0.39 is 0 Å². The number of ether oxygens (including phenoxy) is 1. The Bertz CT molecular complexity index is 1220. The van der Waals surface area contributed by atoms with Crippen molar-refractivity contribution in [1.29, 1.82) is 0 Å². The Balaban J connectivity index is 1.91. The van der Waals surface area contributed by atoms with E-state index in [1.807, 2.05) is 45.0 Å². The standard InChI is InChI=1S/C18H17N5O2S/c1-10-4-6-11(7-5-10)22-15(24)14-12-8-18(2,3)25-9-13(12)26-16(14)23-17(22)19-20-21-23/h4-7H,8-9H2,1-3H3. The van der Waals surface area contributed by atoms with Crippen LogP contribution in [0, 0.1) is 6.92 Å². The van der Waals surface area contributed by atoms with Gasteiger partial charge in [0.25, 0.3) is 11.3 Å². The molecule has 0 fully saturated rings. The predicted octanol–water partition coefficient (Wildman–Crippen LogP) is 2.65. The van der Waals surface area contributed by atoms with Gasteiger partial charge >= 0.3 is 0 Å². The van der Waals surface area contributed by atoms with E-state index in [-0.39, 0.29) is 11.2 Å². The van der Waals surface area contributed by atoms with Gasteiger partial charge < -0.3 is 4.74 Å². The fraction of sp³-hybridized carbons (Fsp3) is 0.333. The molecule has 0 spiro atoms. The highest BCUT2D eigenvalue weighted by Gasteiger charge is 2.32. The molecule has 0 atom stereocenters. The predicted molar refractivity (Wildman–Crippen MR) is 99.1 cm³/mol. The lowest BCUT2D eigenvalue weighted by atomic mass is 9.94. The number of aromatic nitrogens is 5. The Morgan fingerprint density at radius 2 is 2.00 bits per heavy atom. The lowest BCUT2D eigenvalue weighted by molar-refractivity contribution is -0.0379. The summed E-state index contributed by atoms with van der Waals surface area (Å²) in [6.45, 7) is 6.62. The molecule has 8 heteroatoms. The minimum Gasteiger partial charge on any atom is -0.370 e. The Labute approximate surface area is 152 Å². The van der Waals surface area contributed by atoms with Gasteiger partial charge in [0.2, 0.25) is 0 Å². The molecule has 0 aliphatic carbocycles. The second-order valence-corrected chi connectivity index (χ2v) is 8.36. The van der Waals surface area contributed by atoms with Crippen molar-refractivity contribution < 1.29 is 4.74 Å². The van der Waals surface area contributed by atoms with E-state index in [0.717, 1.165) is 26.5 Å². The van der Waals surface area contributed by atoms with Crippen LogP contribution in [0.2, 0.25) is 0 Å². The van der Waals surface area contributed by atoms with Gasteiger partial charge in [-0.3, -0.25) is 4.79 Å². The minimum absolute atomic E-state index is 0.0821. The first kappa shape index (κ1) is 15.7. The van der Waals surface area contributed by atoms with Crippen molar-refractivity contribution in [2.24, 2.45) is 0 Å². The summed E-state index contributed by atoms with van der Waals surface area (Å²) < 4.78 is 9.18. The van der Waals surface area contributed by atoms with Crippen LogP contribution < -0.4 is 5.56 Å². The fourth-order valence-electron chi connectivity index (χ4n) is 3.49. The SMILES string of the molecule is Cc1ccc(-n2c(=O)c3c4c(sc3n3nnnc23)COC(C)(C)C4)cc1. The number of hydrogen-bond acceptors (Lipinski definition) is 6. The van der Waals surface area contributed by atoms with Crippen LogP contribution in [0.1, 0.15) is 29.9 Å². The highest BCUT2D eigenvalue weighted by Crippen LogP contribution is 2.37. The average molecular weight is 367 g/mol. The average Bonchev–Trinajstić information content (AvgIpc) is 3.20. The second kappa shape index (κ2) is 5.21. The van der Waals surface area contributed by atoms with Gasteiger partial charge in [0.1, 0.15) is 4.83 Å². The van der Waals surface area contributed by atoms with Gasteiger partial charge in [-0.2, -0.15) is 4.52 Å². The maximum absolute atomic E-state index is 13.5. The van der Waals surface area contributed by atoms with Crippen molar-refractivity contribution in [3.63, 3.8) is 0 Å². The van der Waals surface area contributed by atoms with E-state index in [2.05, 4.69) is 15.5 Å². The van der Waals surface area contributed by atoms with Gasteiger partial charge in [-0.05, 0) is 48.9 Å². The quantitative estimate of drug-likeness (QED) is 0.517. The Morgan fingerprint density at radius 3 is 2.77 bits per heavy atom. The lowest BCUT2D eigenvalue weighted by Crippen LogP contribution is -2.32. The van der Waals surface area contributed by atoms with Crippen LogP contribution >= 0.6 is 11.3 Å². The third kappa shape index (κ3) is 2.15. The summed E-state index contributed by atoms with van der Waals surface area (Å²) >= 11 is 1.54. The monoisotopic (exact) mass is 367 g/mol. The van der Waals surface area contributed by atoms with E-state index in [9.17, 15) is 4.79 Å². The summed E-state index contributed by atoms with van der Waals surface area (Å²) in [6.07, 6.45) is 0.694. The summed E-state index contributed by atoms with van der Waals surface area (Å²) in [7, 11) is 0. The van der Waals surface area contributed by atoms with Gasteiger partial charge in [-0.1, -0.05) is 22.8 Å². The molecule has 1 aliphatic heterocycles. The number of nitrogens with zero attached hydrogens (tertiary/aromatic N) is 5. The minimum atomic E-state index is -0.294. The molecule has 4 aromatic rings. The molecular formula is C18H17N5O2S. The van der Waals surface area contributed by atoms with Crippen molar-refractivity contribution in [3.05, 3.63) is 50.6 Å². The van der Waals surface area contributed by atoms with E-state index in [1.165, 1.54) is 11.3 Å². The van der Waals surface area contributed by atoms with Crippen molar-refractivity contribution in [3.8, 4) is 5.69 Å². The maximum atomic E-state index is 13.5. The van der Waals surface area contributed by atoms with Crippen LogP contribution in [0.3, 0.4) is 0 Å². The summed E-state index contributed by atoms with van der Waals surface area (Å²) in [5, 5.41) is 12.7. The molecule has 0 bridgehead atoms. The number of benzene rings is 1. The summed E-state index contributed by atoms with van der Waals surface area (Å²) in [5.41, 5.74) is 2.57. The van der Waals surface area contributed by atoms with Crippen molar-refractivity contribution in [2.75, 3.05) is 0 Å². The second-order valence-electron chi connectivity index (χ2n) is 7.28. The lowest BCUT2D eigenvalue weighted by Gasteiger charge is -2.29. The van der Waals surface area contributed by atoms with Gasteiger partial charge in [0.05, 0.1) is 23.3 Å². The van der Waals surface area contributed by atoms with Gasteiger partial charge in [0, 0.05) is 11.3 Å². The molecular weight excluding hydrogens is 350 g/mol.